The number of halogens is 1. The Morgan fingerprint density at radius 2 is 2.38 bits per heavy atom. The third-order valence-electron chi connectivity index (χ3n) is 3.96. The van der Waals surface area contributed by atoms with Gasteiger partial charge in [0.15, 0.2) is 0 Å². The van der Waals surface area contributed by atoms with E-state index in [0.29, 0.717) is 36.0 Å². The molecule has 2 heterocycles. The molecule has 1 fully saturated rings. The second kappa shape index (κ2) is 7.96. The number of benzene rings is 1. The lowest BCUT2D eigenvalue weighted by Crippen LogP contribution is -2.32. The van der Waals surface area contributed by atoms with Gasteiger partial charge in [-0.15, -0.1) is 11.3 Å². The molecule has 1 unspecified atom stereocenters. The molecule has 0 bridgehead atoms. The average Bonchev–Trinajstić information content (AvgIpc) is 3.22. The Kier molecular flexibility index (Phi) is 5.67. The van der Waals surface area contributed by atoms with Gasteiger partial charge in [0, 0.05) is 18.6 Å². The molecule has 138 valence electrons. The second-order valence-electron chi connectivity index (χ2n) is 5.97. The molecule has 0 spiro atoms. The Hall–Kier alpha value is -2.26. The van der Waals surface area contributed by atoms with Crippen molar-refractivity contribution in [3.63, 3.8) is 0 Å². The zero-order valence-corrected chi connectivity index (χ0v) is 16.1. The predicted octanol–water partition coefficient (Wildman–Crippen LogP) is 3.18. The highest BCUT2D eigenvalue weighted by atomic mass is 32.1. The SMILES string of the molecule is CC(=S)NCC1CN(c2ccc(N(C)Cc3nccs3)c(F)c2)C(=O)O1. The molecule has 9 heteroatoms. The largest absolute Gasteiger partial charge is 0.442 e. The van der Waals surface area contributed by atoms with Crippen LogP contribution in [0.5, 0.6) is 0 Å². The number of hydrogen-bond donors (Lipinski definition) is 1. The van der Waals surface area contributed by atoms with Crippen molar-refractivity contribution < 1.29 is 13.9 Å². The van der Waals surface area contributed by atoms with Crippen molar-refractivity contribution in [2.75, 3.05) is 29.9 Å². The molecule has 1 aliphatic rings. The van der Waals surface area contributed by atoms with E-state index in [2.05, 4.69) is 10.3 Å². The summed E-state index contributed by atoms with van der Waals surface area (Å²) in [6.07, 6.45) is 0.917. The number of thiocarbonyl (C=S) groups is 1. The van der Waals surface area contributed by atoms with E-state index in [1.807, 2.05) is 5.38 Å². The summed E-state index contributed by atoms with van der Waals surface area (Å²) in [5.74, 6) is -0.398. The van der Waals surface area contributed by atoms with Crippen LogP contribution >= 0.6 is 23.6 Å². The van der Waals surface area contributed by atoms with Gasteiger partial charge in [-0.25, -0.2) is 14.2 Å². The normalized spacial score (nSPS) is 16.5. The molecule has 2 aromatic rings. The van der Waals surface area contributed by atoms with Crippen LogP contribution in [0.3, 0.4) is 0 Å². The number of nitrogens with zero attached hydrogens (tertiary/aromatic N) is 3. The summed E-state index contributed by atoms with van der Waals surface area (Å²) in [6.45, 7) is 3.07. The first-order chi connectivity index (χ1) is 12.4. The summed E-state index contributed by atoms with van der Waals surface area (Å²) >= 11 is 6.48. The fourth-order valence-electron chi connectivity index (χ4n) is 2.69. The van der Waals surface area contributed by atoms with Gasteiger partial charge in [0.1, 0.15) is 16.9 Å². The van der Waals surface area contributed by atoms with E-state index in [1.165, 1.54) is 22.3 Å². The Balaban J connectivity index is 1.69. The third-order valence-corrected chi connectivity index (χ3v) is 4.87. The summed E-state index contributed by atoms with van der Waals surface area (Å²) in [6, 6.07) is 4.74. The van der Waals surface area contributed by atoms with Crippen molar-refractivity contribution in [1.82, 2.24) is 10.3 Å². The van der Waals surface area contributed by atoms with Gasteiger partial charge in [-0.3, -0.25) is 4.90 Å². The molecule has 0 saturated carbocycles. The molecule has 6 nitrogen and oxygen atoms in total. The Morgan fingerprint density at radius 1 is 1.58 bits per heavy atom. The van der Waals surface area contributed by atoms with Crippen LogP contribution in [-0.4, -0.2) is 42.3 Å². The van der Waals surface area contributed by atoms with Crippen LogP contribution in [0.4, 0.5) is 20.6 Å². The van der Waals surface area contributed by atoms with Crippen molar-refractivity contribution in [3.8, 4) is 0 Å². The van der Waals surface area contributed by atoms with E-state index in [1.54, 1.807) is 37.2 Å². The quantitative estimate of drug-likeness (QED) is 0.760. The summed E-state index contributed by atoms with van der Waals surface area (Å²) in [5.41, 5.74) is 0.923. The van der Waals surface area contributed by atoms with Gasteiger partial charge in [0.2, 0.25) is 0 Å². The number of aromatic nitrogens is 1. The maximum atomic E-state index is 14.6. The molecule has 0 radical (unpaired) electrons. The van der Waals surface area contributed by atoms with Crippen molar-refractivity contribution >= 4 is 46.0 Å². The van der Waals surface area contributed by atoms with Crippen LogP contribution in [0, 0.1) is 5.82 Å². The number of carbonyl (C=O) groups is 1. The maximum absolute atomic E-state index is 14.6. The first kappa shape index (κ1) is 18.5. The van der Waals surface area contributed by atoms with Crippen LogP contribution in [0.1, 0.15) is 11.9 Å². The number of hydrogen-bond acceptors (Lipinski definition) is 6. The molecule has 1 aromatic heterocycles. The number of ether oxygens (including phenoxy) is 1. The predicted molar refractivity (Wildman–Crippen MR) is 105 cm³/mol. The first-order valence-electron chi connectivity index (χ1n) is 8.05. The highest BCUT2D eigenvalue weighted by Gasteiger charge is 2.32. The zero-order chi connectivity index (χ0) is 18.7. The van der Waals surface area contributed by atoms with Crippen molar-refractivity contribution in [2.24, 2.45) is 0 Å². The Labute approximate surface area is 160 Å². The van der Waals surface area contributed by atoms with Crippen LogP contribution in [-0.2, 0) is 11.3 Å². The summed E-state index contributed by atoms with van der Waals surface area (Å²) in [7, 11) is 1.80. The minimum absolute atomic E-state index is 0.323. The minimum atomic E-state index is -0.484. The van der Waals surface area contributed by atoms with Gasteiger partial charge in [0.05, 0.1) is 36.0 Å². The number of rotatable bonds is 6. The van der Waals surface area contributed by atoms with E-state index < -0.39 is 11.9 Å². The molecule has 0 aliphatic carbocycles. The molecule has 3 rings (SSSR count). The number of cyclic esters (lactones) is 1. The number of thiazole rings is 1. The molecule has 1 atom stereocenters. The van der Waals surface area contributed by atoms with Gasteiger partial charge in [-0.2, -0.15) is 0 Å². The van der Waals surface area contributed by atoms with E-state index >= 15 is 0 Å². The van der Waals surface area contributed by atoms with Crippen LogP contribution in [0.2, 0.25) is 0 Å². The lowest BCUT2D eigenvalue weighted by molar-refractivity contribution is 0.143. The molecule has 1 saturated heterocycles. The minimum Gasteiger partial charge on any atom is -0.442 e. The standard InChI is InChI=1S/C17H19FN4O2S2/c1-11(25)20-8-13-9-22(17(23)24-13)12-3-4-15(14(18)7-12)21(2)10-16-19-5-6-26-16/h3-7,13H,8-10H2,1-2H3,(H,20,25). The van der Waals surface area contributed by atoms with E-state index in [4.69, 9.17) is 17.0 Å². The Bertz CT molecular complexity index is 800. The average molecular weight is 394 g/mol. The highest BCUT2D eigenvalue weighted by Crippen LogP contribution is 2.28. The third kappa shape index (κ3) is 4.28. The maximum Gasteiger partial charge on any atom is 0.414 e. The van der Waals surface area contributed by atoms with Crippen LogP contribution < -0.4 is 15.1 Å². The molecule has 26 heavy (non-hydrogen) atoms. The second-order valence-corrected chi connectivity index (χ2v) is 7.56. The number of nitrogens with one attached hydrogen (secondary N) is 1. The molecule has 1 amide bonds. The summed E-state index contributed by atoms with van der Waals surface area (Å²) in [5, 5.41) is 5.77. The lowest BCUT2D eigenvalue weighted by atomic mass is 10.2. The van der Waals surface area contributed by atoms with Gasteiger partial charge in [-0.05, 0) is 25.1 Å². The molecular weight excluding hydrogens is 375 g/mol. The molecule has 1 aliphatic heterocycles. The first-order valence-corrected chi connectivity index (χ1v) is 9.34. The monoisotopic (exact) mass is 394 g/mol. The van der Waals surface area contributed by atoms with Gasteiger partial charge >= 0.3 is 6.09 Å². The number of anilines is 2. The lowest BCUT2D eigenvalue weighted by Gasteiger charge is -2.20. The van der Waals surface area contributed by atoms with Gasteiger partial charge in [0.25, 0.3) is 0 Å². The number of carbonyl (C=O) groups excluding carboxylic acids is 1. The fourth-order valence-corrected chi connectivity index (χ4v) is 3.44. The van der Waals surface area contributed by atoms with E-state index in [-0.39, 0.29) is 6.10 Å². The van der Waals surface area contributed by atoms with Crippen LogP contribution in [0.15, 0.2) is 29.8 Å². The molecular formula is C17H19FN4O2S2. The van der Waals surface area contributed by atoms with E-state index in [0.717, 1.165) is 5.01 Å². The topological polar surface area (TPSA) is 57.7 Å². The zero-order valence-electron chi connectivity index (χ0n) is 14.4. The van der Waals surface area contributed by atoms with Crippen molar-refractivity contribution in [2.45, 2.75) is 19.6 Å². The Morgan fingerprint density at radius 3 is 3.04 bits per heavy atom. The van der Waals surface area contributed by atoms with Crippen molar-refractivity contribution in [3.05, 3.63) is 40.6 Å². The summed E-state index contributed by atoms with van der Waals surface area (Å²) < 4.78 is 19.9. The molecule has 1 N–H and O–H groups in total. The highest BCUT2D eigenvalue weighted by molar-refractivity contribution is 7.80. The molecule has 1 aromatic carbocycles. The van der Waals surface area contributed by atoms with Crippen molar-refractivity contribution in [1.29, 1.82) is 0 Å². The summed E-state index contributed by atoms with van der Waals surface area (Å²) in [4.78, 5) is 20.1. The van der Waals surface area contributed by atoms with E-state index in [9.17, 15) is 9.18 Å². The fraction of sp³-hybridized carbons (Fsp3) is 0.353. The number of amides is 1. The van der Waals surface area contributed by atoms with Crippen LogP contribution in [0.25, 0.3) is 0 Å². The smallest absolute Gasteiger partial charge is 0.414 e. The van der Waals surface area contributed by atoms with Gasteiger partial charge < -0.3 is 15.0 Å². The van der Waals surface area contributed by atoms with Gasteiger partial charge in [-0.1, -0.05) is 12.2 Å².